The number of carbonyl (C=O) groups is 1. The third-order valence-electron chi connectivity index (χ3n) is 5.94. The quantitative estimate of drug-likeness (QED) is 0.413. The molecule has 1 aliphatic rings. The molecule has 4 heterocycles. The molecule has 1 aromatic carbocycles. The number of nitrogens with zero attached hydrogens (tertiary/aromatic N) is 5. The zero-order valence-electron chi connectivity index (χ0n) is 20.0. The van der Waals surface area contributed by atoms with Gasteiger partial charge in [0.1, 0.15) is 5.82 Å². The van der Waals surface area contributed by atoms with Gasteiger partial charge in [-0.15, -0.1) is 0 Å². The van der Waals surface area contributed by atoms with E-state index in [0.717, 1.165) is 47.7 Å². The lowest BCUT2D eigenvalue weighted by molar-refractivity contribution is 0.122. The first-order valence-corrected chi connectivity index (χ1v) is 11.9. The summed E-state index contributed by atoms with van der Waals surface area (Å²) in [6, 6.07) is 14.6. The third-order valence-corrected chi connectivity index (χ3v) is 5.94. The number of pyridine rings is 2. The van der Waals surface area contributed by atoms with Crippen LogP contribution in [0.2, 0.25) is 0 Å². The van der Waals surface area contributed by atoms with Gasteiger partial charge in [-0.2, -0.15) is 0 Å². The number of nitrogens with one attached hydrogen (secondary N) is 2. The number of benzene rings is 1. The molecular formula is C27H27N7O2. The molecule has 182 valence electrons. The van der Waals surface area contributed by atoms with Gasteiger partial charge in [0.15, 0.2) is 5.82 Å². The summed E-state index contributed by atoms with van der Waals surface area (Å²) in [4.78, 5) is 32.7. The molecule has 0 atom stereocenters. The van der Waals surface area contributed by atoms with Crippen LogP contribution in [0, 0.1) is 0 Å². The summed E-state index contributed by atoms with van der Waals surface area (Å²) in [6.07, 6.45) is 7.62. The van der Waals surface area contributed by atoms with Crippen molar-refractivity contribution in [1.82, 2.24) is 19.9 Å². The van der Waals surface area contributed by atoms with Crippen molar-refractivity contribution < 1.29 is 9.53 Å². The third kappa shape index (κ3) is 5.31. The molecule has 0 radical (unpaired) electrons. The zero-order chi connectivity index (χ0) is 24.7. The Labute approximate surface area is 209 Å². The van der Waals surface area contributed by atoms with Crippen LogP contribution < -0.4 is 15.5 Å². The van der Waals surface area contributed by atoms with E-state index in [-0.39, 0.29) is 6.03 Å². The van der Waals surface area contributed by atoms with Gasteiger partial charge in [-0.1, -0.05) is 6.92 Å². The molecule has 2 amide bonds. The largest absolute Gasteiger partial charge is 0.378 e. The molecular weight excluding hydrogens is 454 g/mol. The molecule has 36 heavy (non-hydrogen) atoms. The second-order valence-electron chi connectivity index (χ2n) is 8.28. The van der Waals surface area contributed by atoms with Crippen molar-refractivity contribution in [2.24, 2.45) is 0 Å². The van der Waals surface area contributed by atoms with Crippen LogP contribution >= 0.6 is 0 Å². The van der Waals surface area contributed by atoms with E-state index in [0.29, 0.717) is 30.4 Å². The first-order valence-electron chi connectivity index (χ1n) is 11.9. The Bertz CT molecular complexity index is 1310. The highest BCUT2D eigenvalue weighted by Crippen LogP contribution is 2.32. The van der Waals surface area contributed by atoms with Crippen molar-refractivity contribution >= 4 is 23.2 Å². The van der Waals surface area contributed by atoms with Crippen molar-refractivity contribution in [3.8, 4) is 22.6 Å². The molecule has 2 N–H and O–H groups in total. The SMILES string of the molecule is CCc1c(-c2ccncc2)nc(-c2ccc(NC(=O)Nc3ccncc3)cc2)nc1N1CCOCC1. The zero-order valence-corrected chi connectivity index (χ0v) is 20.0. The molecule has 0 saturated carbocycles. The maximum Gasteiger partial charge on any atom is 0.323 e. The van der Waals surface area contributed by atoms with Gasteiger partial charge >= 0.3 is 6.03 Å². The summed E-state index contributed by atoms with van der Waals surface area (Å²) in [5, 5.41) is 5.63. The maximum absolute atomic E-state index is 12.3. The van der Waals surface area contributed by atoms with Crippen molar-refractivity contribution in [3.05, 3.63) is 78.9 Å². The molecule has 0 unspecified atom stereocenters. The van der Waals surface area contributed by atoms with E-state index >= 15 is 0 Å². The summed E-state index contributed by atoms with van der Waals surface area (Å²) >= 11 is 0. The second kappa shape index (κ2) is 10.9. The van der Waals surface area contributed by atoms with E-state index in [1.54, 1.807) is 36.9 Å². The molecule has 3 aromatic heterocycles. The lowest BCUT2D eigenvalue weighted by Gasteiger charge is -2.30. The van der Waals surface area contributed by atoms with Crippen LogP contribution in [0.3, 0.4) is 0 Å². The van der Waals surface area contributed by atoms with E-state index in [9.17, 15) is 4.79 Å². The predicted octanol–water partition coefficient (Wildman–Crippen LogP) is 4.64. The van der Waals surface area contributed by atoms with Crippen LogP contribution in [0.25, 0.3) is 22.6 Å². The number of rotatable bonds is 6. The van der Waals surface area contributed by atoms with Gasteiger partial charge < -0.3 is 20.3 Å². The van der Waals surface area contributed by atoms with Crippen LogP contribution in [0.4, 0.5) is 22.0 Å². The molecule has 9 heteroatoms. The lowest BCUT2D eigenvalue weighted by Crippen LogP contribution is -2.37. The van der Waals surface area contributed by atoms with Crippen LogP contribution in [0.5, 0.6) is 0 Å². The van der Waals surface area contributed by atoms with Gasteiger partial charge in [0.25, 0.3) is 0 Å². The highest BCUT2D eigenvalue weighted by molar-refractivity contribution is 5.99. The van der Waals surface area contributed by atoms with E-state index in [1.807, 2.05) is 36.4 Å². The van der Waals surface area contributed by atoms with E-state index < -0.39 is 0 Å². The fourth-order valence-electron chi connectivity index (χ4n) is 4.14. The Kier molecular flexibility index (Phi) is 7.09. The van der Waals surface area contributed by atoms with Crippen LogP contribution in [0.15, 0.2) is 73.3 Å². The molecule has 4 aromatic rings. The van der Waals surface area contributed by atoms with Gasteiger partial charge in [-0.3, -0.25) is 9.97 Å². The van der Waals surface area contributed by atoms with Crippen molar-refractivity contribution in [1.29, 1.82) is 0 Å². The van der Waals surface area contributed by atoms with Crippen LogP contribution in [-0.2, 0) is 11.2 Å². The highest BCUT2D eigenvalue weighted by Gasteiger charge is 2.22. The molecule has 1 fully saturated rings. The molecule has 1 aliphatic heterocycles. The average molecular weight is 482 g/mol. The number of hydrogen-bond donors (Lipinski definition) is 2. The molecule has 0 aliphatic carbocycles. The van der Waals surface area contributed by atoms with E-state index in [4.69, 9.17) is 14.7 Å². The molecule has 5 rings (SSSR count). The fourth-order valence-corrected chi connectivity index (χ4v) is 4.14. The van der Waals surface area contributed by atoms with E-state index in [1.165, 1.54) is 0 Å². The number of urea groups is 1. The van der Waals surface area contributed by atoms with Crippen molar-refractivity contribution in [2.75, 3.05) is 41.8 Å². The number of aromatic nitrogens is 4. The van der Waals surface area contributed by atoms with Crippen molar-refractivity contribution in [2.45, 2.75) is 13.3 Å². The minimum atomic E-state index is -0.327. The molecule has 0 bridgehead atoms. The van der Waals surface area contributed by atoms with Crippen molar-refractivity contribution in [3.63, 3.8) is 0 Å². The Morgan fingerprint density at radius 3 is 2.08 bits per heavy atom. The van der Waals surface area contributed by atoms with Gasteiger partial charge in [0, 0.05) is 65.9 Å². The van der Waals surface area contributed by atoms with Gasteiger partial charge in [-0.25, -0.2) is 14.8 Å². The summed E-state index contributed by atoms with van der Waals surface area (Å²) in [7, 11) is 0. The second-order valence-corrected chi connectivity index (χ2v) is 8.28. The minimum Gasteiger partial charge on any atom is -0.378 e. The maximum atomic E-state index is 12.3. The Morgan fingerprint density at radius 1 is 0.833 bits per heavy atom. The van der Waals surface area contributed by atoms with Gasteiger partial charge in [-0.05, 0) is 55.0 Å². The molecule has 0 spiro atoms. The van der Waals surface area contributed by atoms with E-state index in [2.05, 4.69) is 32.4 Å². The number of morpholine rings is 1. The normalized spacial score (nSPS) is 13.3. The topological polar surface area (TPSA) is 105 Å². The van der Waals surface area contributed by atoms with Crippen LogP contribution in [-0.4, -0.2) is 52.3 Å². The Hall–Kier alpha value is -4.37. The Balaban J connectivity index is 1.45. The average Bonchev–Trinajstić information content (AvgIpc) is 2.94. The van der Waals surface area contributed by atoms with Crippen LogP contribution in [0.1, 0.15) is 12.5 Å². The number of carbonyl (C=O) groups excluding carboxylic acids is 1. The Morgan fingerprint density at radius 2 is 1.44 bits per heavy atom. The first-order chi connectivity index (χ1) is 17.7. The standard InChI is InChI=1S/C27H27N7O2/c1-2-23-24(19-7-11-28-12-8-19)32-25(33-26(23)34-15-17-36-18-16-34)20-3-5-21(6-4-20)30-27(35)31-22-9-13-29-14-10-22/h3-14H,2,15-18H2,1H3,(H2,29,30,31,35). The smallest absolute Gasteiger partial charge is 0.323 e. The monoisotopic (exact) mass is 481 g/mol. The van der Waals surface area contributed by atoms with Gasteiger partial charge in [0.2, 0.25) is 0 Å². The first kappa shape index (κ1) is 23.4. The summed E-state index contributed by atoms with van der Waals surface area (Å²) in [5.74, 6) is 1.57. The number of amides is 2. The number of ether oxygens (including phenoxy) is 1. The fraction of sp³-hybridized carbons (Fsp3) is 0.222. The minimum absolute atomic E-state index is 0.327. The highest BCUT2D eigenvalue weighted by atomic mass is 16.5. The summed E-state index contributed by atoms with van der Waals surface area (Å²) in [6.45, 7) is 5.05. The molecule has 9 nitrogen and oxygen atoms in total. The summed E-state index contributed by atoms with van der Waals surface area (Å²) in [5.41, 5.74) is 5.22. The number of anilines is 3. The molecule has 1 saturated heterocycles. The van der Waals surface area contributed by atoms with Gasteiger partial charge in [0.05, 0.1) is 18.9 Å². The predicted molar refractivity (Wildman–Crippen MR) is 140 cm³/mol. The lowest BCUT2D eigenvalue weighted by atomic mass is 10.0. The summed E-state index contributed by atoms with van der Waals surface area (Å²) < 4.78 is 5.57. The number of hydrogen-bond acceptors (Lipinski definition) is 7.